The Bertz CT molecular complexity index is 678. The monoisotopic (exact) mass is 488 g/mol. The molecule has 8 heteroatoms. The number of aryl methyl sites for hydroxylation is 1. The number of nitrogens with one attached hydrogen (secondary N) is 2. The van der Waals surface area contributed by atoms with Gasteiger partial charge in [-0.15, -0.1) is 24.0 Å². The van der Waals surface area contributed by atoms with Crippen LogP contribution >= 0.6 is 24.0 Å². The Morgan fingerprint density at radius 1 is 1.30 bits per heavy atom. The average Bonchev–Trinajstić information content (AvgIpc) is 2.63. The van der Waals surface area contributed by atoms with E-state index in [9.17, 15) is 9.59 Å². The molecule has 0 aromatic heterocycles. The van der Waals surface area contributed by atoms with Gasteiger partial charge in [-0.25, -0.2) is 0 Å². The Balaban J connectivity index is 0.00000364. The zero-order valence-corrected chi connectivity index (χ0v) is 18.7. The van der Waals surface area contributed by atoms with E-state index < -0.39 is 0 Å². The number of aliphatic imine (C=N–C) groups is 1. The van der Waals surface area contributed by atoms with Crippen molar-refractivity contribution in [1.82, 2.24) is 15.5 Å². The Morgan fingerprint density at radius 3 is 2.56 bits per heavy atom. The van der Waals surface area contributed by atoms with Crippen LogP contribution in [0.15, 0.2) is 23.2 Å². The maximum Gasteiger partial charge on any atom is 0.229 e. The van der Waals surface area contributed by atoms with Gasteiger partial charge in [0, 0.05) is 38.5 Å². The summed E-state index contributed by atoms with van der Waals surface area (Å²) < 4.78 is 5.44. The molecule has 1 atom stereocenters. The predicted octanol–water partition coefficient (Wildman–Crippen LogP) is 2.39. The van der Waals surface area contributed by atoms with E-state index in [-0.39, 0.29) is 41.8 Å². The van der Waals surface area contributed by atoms with Gasteiger partial charge in [-0.2, -0.15) is 0 Å². The van der Waals surface area contributed by atoms with Crippen LogP contribution in [-0.4, -0.2) is 49.9 Å². The van der Waals surface area contributed by atoms with E-state index in [1.54, 1.807) is 14.2 Å². The molecule has 0 radical (unpaired) electrons. The van der Waals surface area contributed by atoms with Crippen molar-refractivity contribution in [2.24, 2.45) is 4.99 Å². The molecule has 150 valence electrons. The lowest BCUT2D eigenvalue weighted by Crippen LogP contribution is -2.46. The minimum absolute atomic E-state index is 0. The molecule has 27 heavy (non-hydrogen) atoms. The van der Waals surface area contributed by atoms with Crippen molar-refractivity contribution in [2.75, 3.05) is 27.2 Å². The number of carbonyl (C=O) groups is 2. The third kappa shape index (κ3) is 6.37. The number of nitrogens with zero attached hydrogens (tertiary/aromatic N) is 2. The van der Waals surface area contributed by atoms with Gasteiger partial charge in [0.05, 0.1) is 13.2 Å². The number of hydrogen-bond donors (Lipinski definition) is 2. The first kappa shape index (κ1) is 23.2. The van der Waals surface area contributed by atoms with E-state index in [0.717, 1.165) is 16.9 Å². The second-order valence-electron chi connectivity index (χ2n) is 6.40. The van der Waals surface area contributed by atoms with E-state index >= 15 is 0 Å². The van der Waals surface area contributed by atoms with Gasteiger partial charge in [-0.05, 0) is 26.3 Å². The van der Waals surface area contributed by atoms with Crippen LogP contribution in [0.5, 0.6) is 5.75 Å². The minimum Gasteiger partial charge on any atom is -0.496 e. The first-order valence-electron chi connectivity index (χ1n) is 8.91. The van der Waals surface area contributed by atoms with Crippen LogP contribution in [0, 0.1) is 6.92 Å². The number of halogens is 1. The van der Waals surface area contributed by atoms with Crippen LogP contribution < -0.4 is 15.4 Å². The topological polar surface area (TPSA) is 83.0 Å². The van der Waals surface area contributed by atoms with Gasteiger partial charge in [-0.1, -0.05) is 17.7 Å². The number of piperidine rings is 1. The molecular weight excluding hydrogens is 459 g/mol. The molecule has 0 saturated carbocycles. The second kappa shape index (κ2) is 11.1. The summed E-state index contributed by atoms with van der Waals surface area (Å²) in [7, 11) is 3.34. The largest absolute Gasteiger partial charge is 0.496 e. The average molecular weight is 488 g/mol. The molecule has 2 rings (SSSR count). The summed E-state index contributed by atoms with van der Waals surface area (Å²) in [4.78, 5) is 29.2. The summed E-state index contributed by atoms with van der Waals surface area (Å²) in [6.45, 7) is 4.87. The van der Waals surface area contributed by atoms with Crippen molar-refractivity contribution in [2.45, 2.75) is 39.2 Å². The number of likely N-dealkylation sites (tertiary alicyclic amines) is 1. The molecule has 2 N–H and O–H groups in total. The maximum absolute atomic E-state index is 11.8. The zero-order valence-electron chi connectivity index (χ0n) is 16.4. The molecule has 1 heterocycles. The summed E-state index contributed by atoms with van der Waals surface area (Å²) in [6, 6.07) is 6.02. The number of ether oxygens (including phenoxy) is 1. The van der Waals surface area contributed by atoms with Crippen molar-refractivity contribution in [3.63, 3.8) is 0 Å². The summed E-state index contributed by atoms with van der Waals surface area (Å²) in [5.74, 6) is 1.24. The van der Waals surface area contributed by atoms with Gasteiger partial charge >= 0.3 is 0 Å². The minimum atomic E-state index is -0.0936. The molecule has 0 spiro atoms. The highest BCUT2D eigenvalue weighted by Crippen LogP contribution is 2.25. The first-order chi connectivity index (χ1) is 12.5. The quantitative estimate of drug-likeness (QED) is 0.278. The number of imide groups is 1. The molecule has 1 aromatic carbocycles. The van der Waals surface area contributed by atoms with Crippen LogP contribution in [0.1, 0.15) is 43.4 Å². The number of carbonyl (C=O) groups excluding carboxylic acids is 2. The van der Waals surface area contributed by atoms with Crippen molar-refractivity contribution >= 4 is 41.8 Å². The highest BCUT2D eigenvalue weighted by Gasteiger charge is 2.25. The number of amides is 2. The molecule has 1 unspecified atom stereocenters. The van der Waals surface area contributed by atoms with Crippen molar-refractivity contribution in [3.8, 4) is 5.75 Å². The molecule has 2 amide bonds. The van der Waals surface area contributed by atoms with Crippen LogP contribution in [0.25, 0.3) is 0 Å². The highest BCUT2D eigenvalue weighted by atomic mass is 127. The number of benzene rings is 1. The Hall–Kier alpha value is -1.84. The number of hydrogen-bond acceptors (Lipinski definition) is 4. The smallest absolute Gasteiger partial charge is 0.229 e. The molecule has 1 aliphatic rings. The molecule has 1 fully saturated rings. The highest BCUT2D eigenvalue weighted by molar-refractivity contribution is 14.0. The van der Waals surface area contributed by atoms with E-state index in [4.69, 9.17) is 4.74 Å². The van der Waals surface area contributed by atoms with E-state index in [1.165, 1.54) is 4.90 Å². The van der Waals surface area contributed by atoms with Gasteiger partial charge in [0.15, 0.2) is 5.96 Å². The zero-order chi connectivity index (χ0) is 19.1. The lowest BCUT2D eigenvalue weighted by molar-refractivity contribution is -0.147. The predicted molar refractivity (Wildman–Crippen MR) is 117 cm³/mol. The van der Waals surface area contributed by atoms with Gasteiger partial charge < -0.3 is 15.4 Å². The van der Waals surface area contributed by atoms with Crippen LogP contribution in [0.3, 0.4) is 0 Å². The summed E-state index contributed by atoms with van der Waals surface area (Å²) in [6.07, 6.45) is 1.55. The van der Waals surface area contributed by atoms with Gasteiger partial charge in [0.1, 0.15) is 5.75 Å². The van der Waals surface area contributed by atoms with Crippen molar-refractivity contribution in [1.29, 1.82) is 0 Å². The van der Waals surface area contributed by atoms with Crippen molar-refractivity contribution in [3.05, 3.63) is 29.3 Å². The molecule has 1 aliphatic heterocycles. The third-order valence-corrected chi connectivity index (χ3v) is 4.44. The normalized spacial score (nSPS) is 15.9. The standard InChI is InChI=1S/C19H28N4O3.HI/c1-13-8-9-16(26-4)15(12-13)14(2)22-19(20-3)21-10-11-23-17(24)6-5-7-18(23)25;/h8-9,12,14H,5-7,10-11H2,1-4H3,(H2,20,21,22);1H. The second-order valence-corrected chi connectivity index (χ2v) is 6.40. The van der Waals surface area contributed by atoms with E-state index in [1.807, 2.05) is 26.0 Å². The van der Waals surface area contributed by atoms with Crippen LogP contribution in [0.2, 0.25) is 0 Å². The molecule has 0 bridgehead atoms. The summed E-state index contributed by atoms with van der Waals surface area (Å²) in [5.41, 5.74) is 2.19. The molecular formula is C19H29IN4O3. The summed E-state index contributed by atoms with van der Waals surface area (Å²) in [5, 5.41) is 6.48. The lowest BCUT2D eigenvalue weighted by atomic mass is 10.0. The fourth-order valence-corrected chi connectivity index (χ4v) is 3.00. The van der Waals surface area contributed by atoms with E-state index in [2.05, 4.69) is 21.7 Å². The molecule has 0 aliphatic carbocycles. The third-order valence-electron chi connectivity index (χ3n) is 4.44. The lowest BCUT2D eigenvalue weighted by Gasteiger charge is -2.26. The first-order valence-corrected chi connectivity index (χ1v) is 8.91. The number of rotatable bonds is 6. The molecule has 1 aromatic rings. The Morgan fingerprint density at radius 2 is 1.96 bits per heavy atom. The van der Waals surface area contributed by atoms with E-state index in [0.29, 0.717) is 38.3 Å². The number of guanidine groups is 1. The van der Waals surface area contributed by atoms with Crippen LogP contribution in [-0.2, 0) is 9.59 Å². The molecule has 7 nitrogen and oxygen atoms in total. The van der Waals surface area contributed by atoms with Crippen LogP contribution in [0.4, 0.5) is 0 Å². The fraction of sp³-hybridized carbons (Fsp3) is 0.526. The van der Waals surface area contributed by atoms with Gasteiger partial charge in [0.2, 0.25) is 11.8 Å². The van der Waals surface area contributed by atoms with Crippen molar-refractivity contribution < 1.29 is 14.3 Å². The Labute approximate surface area is 178 Å². The number of methoxy groups -OCH3 is 1. The van der Waals surface area contributed by atoms with Gasteiger partial charge in [0.25, 0.3) is 0 Å². The Kier molecular flexibility index (Phi) is 9.54. The summed E-state index contributed by atoms with van der Waals surface area (Å²) >= 11 is 0. The SMILES string of the molecule is CN=C(NCCN1C(=O)CCCC1=O)NC(C)c1cc(C)ccc1OC.I. The molecule has 1 saturated heterocycles. The fourth-order valence-electron chi connectivity index (χ4n) is 3.00. The van der Waals surface area contributed by atoms with Gasteiger partial charge in [-0.3, -0.25) is 19.5 Å². The maximum atomic E-state index is 11.8.